The minimum absolute atomic E-state index is 0.0207. The lowest BCUT2D eigenvalue weighted by atomic mass is 10.2. The van der Waals surface area contributed by atoms with E-state index in [9.17, 15) is 14.4 Å². The van der Waals surface area contributed by atoms with Crippen LogP contribution >= 0.6 is 0 Å². The number of aromatic nitrogens is 2. The maximum atomic E-state index is 11.9. The summed E-state index contributed by atoms with van der Waals surface area (Å²) >= 11 is 0. The van der Waals surface area contributed by atoms with Crippen molar-refractivity contribution in [2.45, 2.75) is 32.2 Å². The number of nitrogens with zero attached hydrogens (tertiary/aromatic N) is 3. The van der Waals surface area contributed by atoms with Gasteiger partial charge >= 0.3 is 5.97 Å². The van der Waals surface area contributed by atoms with Crippen LogP contribution in [-0.4, -0.2) is 37.6 Å². The fourth-order valence-corrected chi connectivity index (χ4v) is 2.12. The minimum atomic E-state index is -1.11. The Morgan fingerprint density at radius 1 is 1.32 bits per heavy atom. The van der Waals surface area contributed by atoms with Crippen LogP contribution in [0.15, 0.2) is 6.20 Å². The fraction of sp³-hybridized carbons (Fsp3) is 0.500. The topological polar surface area (TPSA) is 92.5 Å². The molecule has 0 saturated carbocycles. The van der Waals surface area contributed by atoms with Crippen molar-refractivity contribution < 1.29 is 19.5 Å². The molecule has 0 atom stereocenters. The molecule has 102 valence electrons. The van der Waals surface area contributed by atoms with Gasteiger partial charge in [-0.1, -0.05) is 0 Å². The molecule has 1 N–H and O–H groups in total. The number of carbonyl (C=O) groups excluding carboxylic acids is 2. The smallest absolute Gasteiger partial charge is 0.339 e. The monoisotopic (exact) mass is 265 g/mol. The predicted molar refractivity (Wildman–Crippen MR) is 64.2 cm³/mol. The van der Waals surface area contributed by atoms with E-state index in [4.69, 9.17) is 5.11 Å². The molecule has 0 aromatic carbocycles. The van der Waals surface area contributed by atoms with Crippen molar-refractivity contribution in [1.82, 2.24) is 14.7 Å². The maximum absolute atomic E-state index is 11.9. The van der Waals surface area contributed by atoms with Gasteiger partial charge in [0.05, 0.1) is 18.4 Å². The third kappa shape index (κ3) is 2.64. The highest BCUT2D eigenvalue weighted by Gasteiger charge is 2.27. The SMILES string of the molecule is Cn1ncc(C(=O)O)c1CN1C(=O)CCCCC1=O. The van der Waals surface area contributed by atoms with Gasteiger partial charge in [0.1, 0.15) is 5.56 Å². The van der Waals surface area contributed by atoms with Crippen molar-refractivity contribution in [3.05, 3.63) is 17.5 Å². The molecular weight excluding hydrogens is 250 g/mol. The van der Waals surface area contributed by atoms with Gasteiger partial charge < -0.3 is 5.11 Å². The van der Waals surface area contributed by atoms with Crippen molar-refractivity contribution in [2.75, 3.05) is 0 Å². The number of carbonyl (C=O) groups is 3. The van der Waals surface area contributed by atoms with Crippen LogP contribution in [0.5, 0.6) is 0 Å². The molecule has 0 bridgehead atoms. The van der Waals surface area contributed by atoms with Gasteiger partial charge in [-0.05, 0) is 12.8 Å². The first-order chi connectivity index (χ1) is 9.00. The molecule has 1 fully saturated rings. The van der Waals surface area contributed by atoms with E-state index < -0.39 is 5.97 Å². The molecule has 0 spiro atoms. The number of aryl methyl sites for hydroxylation is 1. The number of rotatable bonds is 3. The summed E-state index contributed by atoms with van der Waals surface area (Å²) in [4.78, 5) is 35.9. The third-order valence-electron chi connectivity index (χ3n) is 3.23. The van der Waals surface area contributed by atoms with Gasteiger partial charge in [0.2, 0.25) is 11.8 Å². The molecule has 1 aliphatic heterocycles. The minimum Gasteiger partial charge on any atom is -0.478 e. The number of hydrogen-bond donors (Lipinski definition) is 1. The molecule has 1 aromatic heterocycles. The van der Waals surface area contributed by atoms with Crippen molar-refractivity contribution in [3.8, 4) is 0 Å². The molecule has 7 nitrogen and oxygen atoms in total. The van der Waals surface area contributed by atoms with Crippen LogP contribution in [-0.2, 0) is 23.2 Å². The Balaban J connectivity index is 2.28. The average molecular weight is 265 g/mol. The number of hydrogen-bond acceptors (Lipinski definition) is 4. The molecule has 0 radical (unpaired) electrons. The van der Waals surface area contributed by atoms with Gasteiger partial charge in [0.15, 0.2) is 0 Å². The molecule has 2 heterocycles. The molecule has 2 amide bonds. The fourth-order valence-electron chi connectivity index (χ4n) is 2.12. The summed E-state index contributed by atoms with van der Waals surface area (Å²) in [6, 6.07) is 0. The Morgan fingerprint density at radius 3 is 2.42 bits per heavy atom. The van der Waals surface area contributed by atoms with E-state index in [2.05, 4.69) is 5.10 Å². The number of carboxylic acids is 1. The summed E-state index contributed by atoms with van der Waals surface area (Å²) < 4.78 is 1.38. The first-order valence-corrected chi connectivity index (χ1v) is 6.08. The van der Waals surface area contributed by atoms with Gasteiger partial charge in [-0.15, -0.1) is 0 Å². The second-order valence-electron chi connectivity index (χ2n) is 4.51. The van der Waals surface area contributed by atoms with Crippen molar-refractivity contribution >= 4 is 17.8 Å². The Hall–Kier alpha value is -2.18. The molecular formula is C12H15N3O4. The second-order valence-corrected chi connectivity index (χ2v) is 4.51. The number of amides is 2. The number of imide groups is 1. The largest absolute Gasteiger partial charge is 0.478 e. The molecule has 19 heavy (non-hydrogen) atoms. The van der Waals surface area contributed by atoms with E-state index in [-0.39, 0.29) is 23.9 Å². The van der Waals surface area contributed by atoms with Crippen LogP contribution in [0, 0.1) is 0 Å². The van der Waals surface area contributed by atoms with Gasteiger partial charge in [0, 0.05) is 19.9 Å². The first kappa shape index (κ1) is 13.3. The summed E-state index contributed by atoms with van der Waals surface area (Å²) in [6.07, 6.45) is 3.26. The lowest BCUT2D eigenvalue weighted by Crippen LogP contribution is -2.35. The average Bonchev–Trinajstić information content (AvgIpc) is 2.64. The molecule has 1 saturated heterocycles. The highest BCUT2D eigenvalue weighted by molar-refractivity contribution is 5.96. The van der Waals surface area contributed by atoms with E-state index in [1.165, 1.54) is 10.9 Å². The predicted octanol–water partition coefficient (Wildman–Crippen LogP) is 0.547. The van der Waals surface area contributed by atoms with Crippen molar-refractivity contribution in [2.24, 2.45) is 7.05 Å². The Morgan fingerprint density at radius 2 is 1.89 bits per heavy atom. The third-order valence-corrected chi connectivity index (χ3v) is 3.23. The quantitative estimate of drug-likeness (QED) is 0.805. The van der Waals surface area contributed by atoms with E-state index in [0.29, 0.717) is 31.4 Å². The summed E-state index contributed by atoms with van der Waals surface area (Å²) in [5.74, 6) is -1.61. The van der Waals surface area contributed by atoms with Gasteiger partial charge in [0.25, 0.3) is 0 Å². The van der Waals surface area contributed by atoms with Crippen LogP contribution < -0.4 is 0 Å². The molecule has 1 aliphatic rings. The normalized spacial score (nSPS) is 16.6. The van der Waals surface area contributed by atoms with Gasteiger partial charge in [-0.25, -0.2) is 4.79 Å². The van der Waals surface area contributed by atoms with Crippen LogP contribution in [0.25, 0.3) is 0 Å². The first-order valence-electron chi connectivity index (χ1n) is 6.08. The molecule has 7 heteroatoms. The molecule has 1 aromatic rings. The number of carboxylic acid groups (broad SMARTS) is 1. The zero-order chi connectivity index (χ0) is 14.0. The van der Waals surface area contributed by atoms with Crippen LogP contribution in [0.4, 0.5) is 0 Å². The lowest BCUT2D eigenvalue weighted by molar-refractivity contribution is -0.144. The van der Waals surface area contributed by atoms with E-state index in [1.807, 2.05) is 0 Å². The number of likely N-dealkylation sites (tertiary alicyclic amines) is 1. The Labute approximate surface area is 109 Å². The highest BCUT2D eigenvalue weighted by Crippen LogP contribution is 2.17. The Bertz CT molecular complexity index is 517. The maximum Gasteiger partial charge on any atom is 0.339 e. The van der Waals surface area contributed by atoms with Crippen LogP contribution in [0.1, 0.15) is 41.7 Å². The van der Waals surface area contributed by atoms with E-state index in [1.54, 1.807) is 7.05 Å². The van der Waals surface area contributed by atoms with Crippen LogP contribution in [0.2, 0.25) is 0 Å². The molecule has 2 rings (SSSR count). The summed E-state index contributed by atoms with van der Waals surface area (Å²) in [7, 11) is 1.59. The van der Waals surface area contributed by atoms with Crippen molar-refractivity contribution in [1.29, 1.82) is 0 Å². The lowest BCUT2D eigenvalue weighted by Gasteiger charge is -2.19. The zero-order valence-corrected chi connectivity index (χ0v) is 10.6. The van der Waals surface area contributed by atoms with E-state index >= 15 is 0 Å². The van der Waals surface area contributed by atoms with Crippen LogP contribution in [0.3, 0.4) is 0 Å². The standard InChI is InChI=1S/C12H15N3O4/c1-14-9(8(6-13-14)12(18)19)7-15-10(16)4-2-3-5-11(15)17/h6H,2-5,7H2,1H3,(H,18,19). The molecule has 0 aliphatic carbocycles. The highest BCUT2D eigenvalue weighted by atomic mass is 16.4. The number of aromatic carboxylic acids is 1. The van der Waals surface area contributed by atoms with E-state index in [0.717, 1.165) is 4.90 Å². The van der Waals surface area contributed by atoms with Gasteiger partial charge in [-0.2, -0.15) is 5.10 Å². The summed E-state index contributed by atoms with van der Waals surface area (Å²) in [6.45, 7) is -0.0319. The molecule has 0 unspecified atom stereocenters. The second kappa shape index (κ2) is 5.21. The Kier molecular flexibility index (Phi) is 3.64. The summed E-state index contributed by atoms with van der Waals surface area (Å²) in [5.41, 5.74) is 0.378. The zero-order valence-electron chi connectivity index (χ0n) is 10.6. The van der Waals surface area contributed by atoms with Gasteiger partial charge in [-0.3, -0.25) is 19.2 Å². The summed E-state index contributed by atoms with van der Waals surface area (Å²) in [5, 5.41) is 12.9. The van der Waals surface area contributed by atoms with Crippen molar-refractivity contribution in [3.63, 3.8) is 0 Å².